The quantitative estimate of drug-likeness (QED) is 0.0199. The molecule has 0 saturated heterocycles. The van der Waals surface area contributed by atoms with E-state index in [4.69, 9.17) is 33.3 Å². The van der Waals surface area contributed by atoms with E-state index in [0.717, 1.165) is 84.2 Å². The monoisotopic (exact) mass is 1340 g/mol. The van der Waals surface area contributed by atoms with Gasteiger partial charge in [0.2, 0.25) is 0 Å². The first-order valence-electron chi connectivity index (χ1n) is 34.4. The van der Waals surface area contributed by atoms with Gasteiger partial charge in [-0.25, -0.2) is 0 Å². The van der Waals surface area contributed by atoms with Crippen LogP contribution in [0.1, 0.15) is 191 Å². The number of halogens is 4. The minimum Gasteiger partial charge on any atom is -0.508 e. The van der Waals surface area contributed by atoms with Crippen molar-refractivity contribution in [1.82, 2.24) is 0 Å². The highest BCUT2D eigenvalue weighted by molar-refractivity contribution is 7.97. The molecule has 13 rings (SSSR count). The van der Waals surface area contributed by atoms with Crippen LogP contribution in [0.3, 0.4) is 0 Å². The Balaban J connectivity index is 0.000000160. The number of rotatable bonds is 24. The fourth-order valence-corrected chi connectivity index (χ4v) is 18.5. The first-order valence-corrected chi connectivity index (χ1v) is 37.1. The van der Waals surface area contributed by atoms with Gasteiger partial charge in [0.1, 0.15) is 29.6 Å². The third kappa shape index (κ3) is 18.1. The maximum atomic E-state index is 13.7. The Morgan fingerprint density at radius 3 is 1.47 bits per heavy atom. The molecule has 10 atom stereocenters. The summed E-state index contributed by atoms with van der Waals surface area (Å²) in [6.07, 6.45) is 8.60. The number of hydrogen-bond acceptors (Lipinski definition) is 9. The number of ether oxygens (including phenoxy) is 6. The van der Waals surface area contributed by atoms with Gasteiger partial charge in [-0.3, -0.25) is 4.55 Å². The number of hydrogen-bond donors (Lipinski definition) is 2. The smallest absolute Gasteiger partial charge is 0.459 e. The van der Waals surface area contributed by atoms with Crippen LogP contribution in [0.5, 0.6) is 23.0 Å². The summed E-state index contributed by atoms with van der Waals surface area (Å²) in [5.41, 5.74) is 4.89. The Hall–Kier alpha value is -5.62. The summed E-state index contributed by atoms with van der Waals surface area (Å²) >= 11 is 0. The van der Waals surface area contributed by atoms with Gasteiger partial charge in [-0.1, -0.05) is 121 Å². The van der Waals surface area contributed by atoms with Gasteiger partial charge in [0, 0.05) is 12.1 Å². The lowest BCUT2D eigenvalue weighted by atomic mass is 9.54. The lowest BCUT2D eigenvalue weighted by Gasteiger charge is -2.56. The highest BCUT2D eigenvalue weighted by Gasteiger charge is 2.70. The summed E-state index contributed by atoms with van der Waals surface area (Å²) in [7, 11) is -6.43. The molecule has 6 bridgehead atoms. The second kappa shape index (κ2) is 32.2. The molecule has 16 heteroatoms. The molecule has 0 aliphatic heterocycles. The third-order valence-electron chi connectivity index (χ3n) is 20.8. The van der Waals surface area contributed by atoms with Crippen molar-refractivity contribution < 1.29 is 64.1 Å². The van der Waals surface area contributed by atoms with Crippen LogP contribution in [0, 0.1) is 55.3 Å². The molecule has 6 aromatic rings. The zero-order valence-corrected chi connectivity index (χ0v) is 58.3. The summed E-state index contributed by atoms with van der Waals surface area (Å²) in [5.74, 6) is 9.02. The molecule has 7 aliphatic rings. The molecule has 10 unspecified atom stereocenters. The average molecular weight is 1340 g/mol. The van der Waals surface area contributed by atoms with Crippen molar-refractivity contribution >= 4 is 21.0 Å². The molecule has 0 radical (unpaired) electrons. The van der Waals surface area contributed by atoms with E-state index < -0.39 is 27.1 Å². The van der Waals surface area contributed by atoms with Crippen LogP contribution < -0.4 is 14.2 Å². The van der Waals surface area contributed by atoms with Crippen molar-refractivity contribution in [3.63, 3.8) is 0 Å². The van der Waals surface area contributed by atoms with E-state index in [2.05, 4.69) is 176 Å². The van der Waals surface area contributed by atoms with Crippen LogP contribution >= 0.6 is 0 Å². The highest BCUT2D eigenvalue weighted by atomic mass is 32.2. The van der Waals surface area contributed by atoms with Crippen molar-refractivity contribution in [3.8, 4) is 23.0 Å². The Morgan fingerprint density at radius 1 is 0.564 bits per heavy atom. The molecule has 512 valence electrons. The molecule has 6 aromatic carbocycles. The molecular weight excluding hydrogens is 1240 g/mol. The van der Waals surface area contributed by atoms with Gasteiger partial charge in [0.25, 0.3) is 0 Å². The van der Waals surface area contributed by atoms with E-state index in [-0.39, 0.29) is 60.5 Å². The lowest BCUT2D eigenvalue weighted by Crippen LogP contribution is -2.59. The van der Waals surface area contributed by atoms with Crippen LogP contribution in [-0.4, -0.2) is 66.9 Å². The summed E-state index contributed by atoms with van der Waals surface area (Å²) in [6, 6.07) is 50.3. The van der Waals surface area contributed by atoms with Gasteiger partial charge in [-0.2, -0.15) is 26.0 Å². The minimum absolute atomic E-state index is 0.149. The van der Waals surface area contributed by atoms with Crippen LogP contribution in [-0.2, 0) is 35.2 Å². The van der Waals surface area contributed by atoms with Crippen LogP contribution in [0.2, 0.25) is 0 Å². The summed E-state index contributed by atoms with van der Waals surface area (Å²) < 4.78 is 118. The molecule has 10 nitrogen and oxygen atoms in total. The van der Waals surface area contributed by atoms with Crippen molar-refractivity contribution in [2.45, 2.75) is 227 Å². The summed E-state index contributed by atoms with van der Waals surface area (Å²) in [5, 5.41) is 3.36. The fraction of sp³-hybridized carbons (Fsp3) is 0.538. The van der Waals surface area contributed by atoms with Gasteiger partial charge in [-0.15, -0.1) is 0 Å². The molecule has 0 heterocycles. The Labute approximate surface area is 560 Å². The Bertz CT molecular complexity index is 3330. The zero-order valence-electron chi connectivity index (χ0n) is 56.7. The van der Waals surface area contributed by atoms with E-state index in [1.807, 2.05) is 31.2 Å². The molecular formula is C78H101F4O10S2+. The average Bonchev–Trinajstić information content (AvgIpc) is 0.853. The normalized spacial score (nSPS) is 24.9. The first kappa shape index (κ1) is 72.6. The first-order chi connectivity index (χ1) is 44.8. The number of aromatic hydroxyl groups is 1. The molecule has 7 aliphatic carbocycles. The van der Waals surface area contributed by atoms with Crippen molar-refractivity contribution in [2.75, 3.05) is 13.2 Å². The number of alkyl halides is 4. The second-order valence-corrected chi connectivity index (χ2v) is 31.1. The minimum atomic E-state index is -6.25. The summed E-state index contributed by atoms with van der Waals surface area (Å²) in [6.45, 7) is 22.4. The van der Waals surface area contributed by atoms with Crippen LogP contribution in [0.15, 0.2) is 160 Å². The fourth-order valence-electron chi connectivity index (χ4n) is 15.9. The molecule has 0 amide bonds. The number of benzene rings is 6. The predicted octanol–water partition coefficient (Wildman–Crippen LogP) is 20.4. The van der Waals surface area contributed by atoms with E-state index in [9.17, 15) is 26.0 Å². The van der Waals surface area contributed by atoms with E-state index >= 15 is 0 Å². The van der Waals surface area contributed by atoms with Gasteiger partial charge in [0.15, 0.2) is 27.3 Å². The molecule has 2 N–H and O–H groups in total. The van der Waals surface area contributed by atoms with Crippen molar-refractivity contribution in [1.29, 1.82) is 0 Å². The number of fused-ring (bicyclic) bond motifs is 5. The molecule has 7 fully saturated rings. The van der Waals surface area contributed by atoms with Gasteiger partial charge in [-0.05, 0) is 259 Å². The van der Waals surface area contributed by atoms with Gasteiger partial charge >= 0.3 is 21.5 Å². The van der Waals surface area contributed by atoms with Gasteiger partial charge in [0.05, 0.1) is 29.2 Å². The third-order valence-corrected chi connectivity index (χ3v) is 23.9. The molecule has 94 heavy (non-hydrogen) atoms. The van der Waals surface area contributed by atoms with Crippen LogP contribution in [0.25, 0.3) is 0 Å². The van der Waals surface area contributed by atoms with Gasteiger partial charge < -0.3 is 33.5 Å². The molecule has 0 spiro atoms. The zero-order chi connectivity index (χ0) is 67.5. The number of phenolic OH excluding ortho intramolecular Hbond substituents is 1. The van der Waals surface area contributed by atoms with Crippen molar-refractivity contribution in [3.05, 3.63) is 173 Å². The molecule has 7 saturated carbocycles. The van der Waals surface area contributed by atoms with Crippen LogP contribution in [0.4, 0.5) is 17.6 Å². The topological polar surface area (TPSA) is 130 Å². The maximum absolute atomic E-state index is 13.7. The largest absolute Gasteiger partial charge is 0.508 e. The summed E-state index contributed by atoms with van der Waals surface area (Å²) in [4.78, 5) is 3.91. The number of phenols is 1. The molecule has 0 aromatic heterocycles. The van der Waals surface area contributed by atoms with E-state index in [0.29, 0.717) is 42.8 Å². The maximum Gasteiger partial charge on any atom is 0.459 e. The van der Waals surface area contributed by atoms with Crippen molar-refractivity contribution in [2.24, 2.45) is 41.4 Å². The SMILES string of the molecule is CCC(C)c1ccc(O)cc1.CCC(C)c1ccc(OC(C)OC2CC3CC2C2CCCC32)cc1.CCC(C)c1ccc(OC(C)OCCOc2c(C)cc([S+](c3ccccc3)c3ccccc3)cc2C)cc1.O=S(=O)(O)C(F)(F)C(F)(F)OC12CC3CC(CC(C3)C1)C2. The predicted molar refractivity (Wildman–Crippen MR) is 365 cm³/mol. The standard InChI is InChI=1S/C34H39O3S.C22H32O2.C12H16F4O4S.C10H14O/c1-6-25(2)29-17-19-30(20-18-29)37-28(5)35-21-22-36-34-26(3)23-33(24-27(34)4)38(31-13-9-7-10-14-31)32-15-11-8-12-16-32;1-4-14(2)16-8-10-18(11-9-16)23-15(3)24-22-13-17-12-21(22)20-7-5-6-19(17)20;13-11(14,12(15,16)21(17,18)19)20-10-4-7-1-8(5-10)3-9(2-7)6-10;1-3-8(2)9-4-6-10(11)7-5-9/h7-20,23-25,28H,6,21-22H2,1-5H3;8-11,14-15,17,19-22H,4-7,12-13H2,1-3H3;7-9H,1-6H2,(H,17,18,19);4-8,11H,3H2,1-2H3/q+1;;;. The lowest BCUT2D eigenvalue weighted by molar-refractivity contribution is -0.375. The number of aryl methyl sites for hydroxylation is 2. The van der Waals surface area contributed by atoms with E-state index in [1.54, 1.807) is 12.1 Å². The Morgan fingerprint density at radius 2 is 1.01 bits per heavy atom. The highest BCUT2D eigenvalue weighted by Crippen LogP contribution is 2.61. The second-order valence-electron chi connectivity index (χ2n) is 27.6. The Kier molecular flexibility index (Phi) is 24.9. The van der Waals surface area contributed by atoms with E-state index in [1.165, 1.54) is 69.9 Å².